The number of hydrogen-bond acceptors (Lipinski definition) is 2. The molecule has 0 aromatic heterocycles. The molecular formula is C11H14BrNO2. The van der Waals surface area contributed by atoms with Crippen molar-refractivity contribution in [3.8, 4) is 0 Å². The summed E-state index contributed by atoms with van der Waals surface area (Å²) in [6.45, 7) is 4.00. The highest BCUT2D eigenvalue weighted by atomic mass is 79.9. The highest BCUT2D eigenvalue weighted by molar-refractivity contribution is 9.10. The fraction of sp³-hybridized carbons (Fsp3) is 0.364. The van der Waals surface area contributed by atoms with Crippen molar-refractivity contribution >= 4 is 27.5 Å². The third kappa shape index (κ3) is 3.32. The number of hydrogen-bond donors (Lipinski definition) is 1. The molecule has 0 fully saturated rings. The SMILES string of the molecule is COCC(=O)Nc1c(C)cc(Br)cc1C. The van der Waals surface area contributed by atoms with Crippen molar-refractivity contribution in [2.45, 2.75) is 13.8 Å². The van der Waals surface area contributed by atoms with Crippen molar-refractivity contribution in [3.05, 3.63) is 27.7 Å². The van der Waals surface area contributed by atoms with E-state index in [1.807, 2.05) is 26.0 Å². The molecule has 0 heterocycles. The van der Waals surface area contributed by atoms with Crippen LogP contribution in [0.3, 0.4) is 0 Å². The van der Waals surface area contributed by atoms with Crippen LogP contribution >= 0.6 is 15.9 Å². The van der Waals surface area contributed by atoms with Gasteiger partial charge in [-0.1, -0.05) is 15.9 Å². The van der Waals surface area contributed by atoms with Gasteiger partial charge in [-0.05, 0) is 37.1 Å². The quantitative estimate of drug-likeness (QED) is 0.918. The van der Waals surface area contributed by atoms with Crippen LogP contribution in [0.4, 0.5) is 5.69 Å². The third-order valence-corrected chi connectivity index (χ3v) is 2.50. The molecule has 0 spiro atoms. The van der Waals surface area contributed by atoms with Crippen LogP contribution < -0.4 is 5.32 Å². The number of rotatable bonds is 3. The minimum absolute atomic E-state index is 0.0783. The minimum atomic E-state index is -0.133. The Hall–Kier alpha value is -0.870. The zero-order valence-electron chi connectivity index (χ0n) is 9.06. The fourth-order valence-corrected chi connectivity index (χ4v) is 2.10. The number of benzene rings is 1. The van der Waals surface area contributed by atoms with Gasteiger partial charge >= 0.3 is 0 Å². The lowest BCUT2D eigenvalue weighted by Gasteiger charge is -2.11. The second-order valence-corrected chi connectivity index (χ2v) is 4.31. The molecule has 0 saturated carbocycles. The summed E-state index contributed by atoms with van der Waals surface area (Å²) >= 11 is 3.41. The number of carbonyl (C=O) groups excluding carboxylic acids is 1. The summed E-state index contributed by atoms with van der Waals surface area (Å²) in [4.78, 5) is 11.4. The number of ether oxygens (including phenoxy) is 1. The van der Waals surface area contributed by atoms with Gasteiger partial charge in [0.25, 0.3) is 0 Å². The maximum absolute atomic E-state index is 11.4. The molecule has 0 saturated heterocycles. The van der Waals surface area contributed by atoms with Crippen molar-refractivity contribution in [1.82, 2.24) is 0 Å². The van der Waals surface area contributed by atoms with Gasteiger partial charge in [-0.3, -0.25) is 4.79 Å². The maximum Gasteiger partial charge on any atom is 0.250 e. The van der Waals surface area contributed by atoms with Crippen molar-refractivity contribution in [2.24, 2.45) is 0 Å². The van der Waals surface area contributed by atoms with Crippen LogP contribution in [-0.2, 0) is 9.53 Å². The molecule has 3 nitrogen and oxygen atoms in total. The van der Waals surface area contributed by atoms with E-state index in [0.29, 0.717) is 0 Å². The van der Waals surface area contributed by atoms with Gasteiger partial charge in [-0.2, -0.15) is 0 Å². The molecule has 0 atom stereocenters. The van der Waals surface area contributed by atoms with Crippen LogP contribution in [0.5, 0.6) is 0 Å². The predicted molar refractivity (Wildman–Crippen MR) is 64.1 cm³/mol. The maximum atomic E-state index is 11.4. The molecule has 0 aliphatic carbocycles. The minimum Gasteiger partial charge on any atom is -0.375 e. The van der Waals surface area contributed by atoms with Crippen LogP contribution in [0.1, 0.15) is 11.1 Å². The van der Waals surface area contributed by atoms with E-state index in [1.54, 1.807) is 0 Å². The molecular weight excluding hydrogens is 258 g/mol. The molecule has 4 heteroatoms. The molecule has 0 radical (unpaired) electrons. The third-order valence-electron chi connectivity index (χ3n) is 2.04. The largest absolute Gasteiger partial charge is 0.375 e. The van der Waals surface area contributed by atoms with Gasteiger partial charge in [0.1, 0.15) is 6.61 Å². The van der Waals surface area contributed by atoms with E-state index in [9.17, 15) is 4.79 Å². The Morgan fingerprint density at radius 3 is 2.40 bits per heavy atom. The molecule has 1 N–H and O–H groups in total. The molecule has 0 unspecified atom stereocenters. The Bertz CT molecular complexity index is 354. The van der Waals surface area contributed by atoms with Gasteiger partial charge < -0.3 is 10.1 Å². The molecule has 1 aromatic rings. The fourth-order valence-electron chi connectivity index (χ4n) is 1.41. The van der Waals surface area contributed by atoms with E-state index in [0.717, 1.165) is 21.3 Å². The molecule has 82 valence electrons. The van der Waals surface area contributed by atoms with Crippen molar-refractivity contribution < 1.29 is 9.53 Å². The van der Waals surface area contributed by atoms with Crippen LogP contribution in [-0.4, -0.2) is 19.6 Å². The molecule has 1 rings (SSSR count). The van der Waals surface area contributed by atoms with Crippen molar-refractivity contribution in [1.29, 1.82) is 0 Å². The number of anilines is 1. The number of halogens is 1. The molecule has 15 heavy (non-hydrogen) atoms. The number of methoxy groups -OCH3 is 1. The molecule has 0 bridgehead atoms. The molecule has 0 aliphatic rings. The Balaban J connectivity index is 2.90. The van der Waals surface area contributed by atoms with E-state index in [-0.39, 0.29) is 12.5 Å². The zero-order valence-corrected chi connectivity index (χ0v) is 10.6. The van der Waals surface area contributed by atoms with E-state index >= 15 is 0 Å². The Labute approximate surface area is 97.9 Å². The standard InChI is InChI=1S/C11H14BrNO2/c1-7-4-9(12)5-8(2)11(7)13-10(14)6-15-3/h4-5H,6H2,1-3H3,(H,13,14). The Kier molecular flexibility index (Phi) is 4.29. The van der Waals surface area contributed by atoms with E-state index < -0.39 is 0 Å². The van der Waals surface area contributed by atoms with Crippen molar-refractivity contribution in [3.63, 3.8) is 0 Å². The first kappa shape index (κ1) is 12.2. The van der Waals surface area contributed by atoms with Crippen molar-refractivity contribution in [2.75, 3.05) is 19.0 Å². The lowest BCUT2D eigenvalue weighted by Crippen LogP contribution is -2.18. The van der Waals surface area contributed by atoms with Gasteiger partial charge in [-0.25, -0.2) is 0 Å². The van der Waals surface area contributed by atoms with Gasteiger partial charge in [0.15, 0.2) is 0 Å². The monoisotopic (exact) mass is 271 g/mol. The summed E-state index contributed by atoms with van der Waals surface area (Å²) in [5.74, 6) is -0.133. The van der Waals surface area contributed by atoms with Gasteiger partial charge in [0.05, 0.1) is 0 Å². The first-order valence-electron chi connectivity index (χ1n) is 4.60. The van der Waals surface area contributed by atoms with E-state index in [4.69, 9.17) is 4.74 Å². The summed E-state index contributed by atoms with van der Waals surface area (Å²) in [5, 5.41) is 2.82. The average molecular weight is 272 g/mol. The average Bonchev–Trinajstić information content (AvgIpc) is 2.11. The first-order chi connectivity index (χ1) is 7.04. The molecule has 1 amide bonds. The number of aryl methyl sites for hydroxylation is 2. The summed E-state index contributed by atoms with van der Waals surface area (Å²) in [7, 11) is 1.50. The highest BCUT2D eigenvalue weighted by Gasteiger charge is 2.07. The topological polar surface area (TPSA) is 38.3 Å². The lowest BCUT2D eigenvalue weighted by molar-refractivity contribution is -0.119. The second kappa shape index (κ2) is 5.28. The smallest absolute Gasteiger partial charge is 0.250 e. The Morgan fingerprint density at radius 2 is 1.93 bits per heavy atom. The van der Waals surface area contributed by atoms with Crippen LogP contribution in [0.25, 0.3) is 0 Å². The number of carbonyl (C=O) groups is 1. The number of nitrogens with one attached hydrogen (secondary N) is 1. The predicted octanol–water partition coefficient (Wildman–Crippen LogP) is 2.65. The van der Waals surface area contributed by atoms with Gasteiger partial charge in [-0.15, -0.1) is 0 Å². The van der Waals surface area contributed by atoms with Crippen LogP contribution in [0, 0.1) is 13.8 Å². The van der Waals surface area contributed by atoms with E-state index in [1.165, 1.54) is 7.11 Å². The van der Waals surface area contributed by atoms with E-state index in [2.05, 4.69) is 21.2 Å². The molecule has 0 aliphatic heterocycles. The van der Waals surface area contributed by atoms with Crippen LogP contribution in [0.2, 0.25) is 0 Å². The summed E-state index contributed by atoms with van der Waals surface area (Å²) in [5.41, 5.74) is 2.93. The van der Waals surface area contributed by atoms with Crippen LogP contribution in [0.15, 0.2) is 16.6 Å². The lowest BCUT2D eigenvalue weighted by atomic mass is 10.1. The normalized spacial score (nSPS) is 10.1. The highest BCUT2D eigenvalue weighted by Crippen LogP contribution is 2.24. The second-order valence-electron chi connectivity index (χ2n) is 3.40. The first-order valence-corrected chi connectivity index (χ1v) is 5.39. The summed E-state index contributed by atoms with van der Waals surface area (Å²) < 4.78 is 5.77. The zero-order chi connectivity index (χ0) is 11.4. The van der Waals surface area contributed by atoms with Gasteiger partial charge in [0, 0.05) is 17.3 Å². The van der Waals surface area contributed by atoms with Gasteiger partial charge in [0.2, 0.25) is 5.91 Å². The number of amides is 1. The molecule has 1 aromatic carbocycles. The summed E-state index contributed by atoms with van der Waals surface area (Å²) in [6.07, 6.45) is 0. The Morgan fingerprint density at radius 1 is 1.40 bits per heavy atom. The summed E-state index contributed by atoms with van der Waals surface area (Å²) in [6, 6.07) is 3.94.